The van der Waals surface area contributed by atoms with E-state index in [4.69, 9.17) is 9.47 Å². The van der Waals surface area contributed by atoms with Gasteiger partial charge >= 0.3 is 0 Å². The molecule has 64 heavy (non-hydrogen) atoms. The number of amides is 1. The molecule has 1 aliphatic rings. The topological polar surface area (TPSA) is 169 Å². The van der Waals surface area contributed by atoms with Gasteiger partial charge in [0, 0.05) is 0 Å². The molecule has 0 spiro atoms. The maximum Gasteiger partial charge on any atom is 0.249 e. The molecule has 8 atom stereocenters. The highest BCUT2D eigenvalue weighted by molar-refractivity contribution is 5.80. The van der Waals surface area contributed by atoms with Gasteiger partial charge in [0.05, 0.1) is 25.4 Å². The van der Waals surface area contributed by atoms with Gasteiger partial charge in [-0.15, -0.1) is 0 Å². The van der Waals surface area contributed by atoms with Crippen molar-refractivity contribution in [1.82, 2.24) is 5.32 Å². The molecule has 0 aromatic carbocycles. The number of hydrogen-bond acceptors (Lipinski definition) is 9. The van der Waals surface area contributed by atoms with Gasteiger partial charge in [0.1, 0.15) is 30.5 Å². The number of rotatable bonds is 48. The third kappa shape index (κ3) is 33.6. The van der Waals surface area contributed by atoms with Crippen LogP contribution < -0.4 is 5.32 Å². The fraction of sp³-hybridized carbons (Fsp3) is 0.981. The van der Waals surface area contributed by atoms with Crippen LogP contribution in [0.25, 0.3) is 0 Å². The van der Waals surface area contributed by atoms with E-state index in [0.717, 1.165) is 44.9 Å². The predicted octanol–water partition coefficient (Wildman–Crippen LogP) is 12.0. The molecule has 7 N–H and O–H groups in total. The van der Waals surface area contributed by atoms with Crippen LogP contribution in [0, 0.1) is 0 Å². The van der Waals surface area contributed by atoms with Crippen LogP contribution in [-0.4, -0.2) is 98.7 Å². The maximum absolute atomic E-state index is 13.1. The fourth-order valence-corrected chi connectivity index (χ4v) is 9.29. The van der Waals surface area contributed by atoms with Crippen molar-refractivity contribution in [1.29, 1.82) is 0 Å². The van der Waals surface area contributed by atoms with Crippen molar-refractivity contribution in [3.63, 3.8) is 0 Å². The summed E-state index contributed by atoms with van der Waals surface area (Å²) in [5.41, 5.74) is 0. The van der Waals surface area contributed by atoms with Crippen molar-refractivity contribution < 1.29 is 44.9 Å². The summed E-state index contributed by atoms with van der Waals surface area (Å²) in [5.74, 6) is -0.578. The maximum atomic E-state index is 13.1. The Balaban J connectivity index is 2.15. The first-order valence-electron chi connectivity index (χ1n) is 27.8. The van der Waals surface area contributed by atoms with Gasteiger partial charge in [-0.05, 0) is 12.8 Å². The second kappa shape index (κ2) is 44.6. The van der Waals surface area contributed by atoms with Crippen molar-refractivity contribution in [3.8, 4) is 0 Å². The van der Waals surface area contributed by atoms with Gasteiger partial charge in [0.2, 0.25) is 5.91 Å². The van der Waals surface area contributed by atoms with Crippen LogP contribution in [0.4, 0.5) is 0 Å². The molecule has 1 rings (SSSR count). The molecule has 0 saturated carbocycles. The summed E-state index contributed by atoms with van der Waals surface area (Å²) in [7, 11) is 0. The Hall–Kier alpha value is -0.850. The fourth-order valence-electron chi connectivity index (χ4n) is 9.29. The first-order chi connectivity index (χ1) is 31.3. The third-order valence-electron chi connectivity index (χ3n) is 13.8. The Labute approximate surface area is 394 Å². The zero-order valence-corrected chi connectivity index (χ0v) is 41.9. The molecule has 1 aliphatic heterocycles. The average molecular weight is 914 g/mol. The Morgan fingerprint density at radius 3 is 1.11 bits per heavy atom. The Bertz CT molecular complexity index is 988. The molecule has 1 fully saturated rings. The standard InChI is InChI=1S/C54H107NO9/c1-3-5-7-9-11-13-15-16-17-18-19-20-21-22-23-24-25-26-27-28-29-30-31-33-35-37-39-41-43-48(58)53(62)55-46(45-63-54-52(61)51(60)50(59)49(44-56)64-54)47(57)42-40-38-36-34-32-14-12-10-8-6-4-2/h46-52,54,56-61H,3-45H2,1-2H3,(H,55,62). The molecule has 1 heterocycles. The predicted molar refractivity (Wildman–Crippen MR) is 264 cm³/mol. The van der Waals surface area contributed by atoms with Crippen LogP contribution in [0.1, 0.15) is 277 Å². The summed E-state index contributed by atoms with van der Waals surface area (Å²) in [6.45, 7) is 3.69. The Morgan fingerprint density at radius 1 is 0.469 bits per heavy atom. The van der Waals surface area contributed by atoms with Crippen LogP contribution in [0.15, 0.2) is 0 Å². The summed E-state index contributed by atoms with van der Waals surface area (Å²) < 4.78 is 11.2. The molecule has 0 aromatic heterocycles. The number of carbonyl (C=O) groups excluding carboxylic acids is 1. The van der Waals surface area contributed by atoms with Crippen molar-refractivity contribution >= 4 is 5.91 Å². The third-order valence-corrected chi connectivity index (χ3v) is 13.8. The van der Waals surface area contributed by atoms with E-state index in [2.05, 4.69) is 19.2 Å². The smallest absolute Gasteiger partial charge is 0.249 e. The van der Waals surface area contributed by atoms with Gasteiger partial charge in [-0.25, -0.2) is 0 Å². The summed E-state index contributed by atoms with van der Waals surface area (Å²) in [6.07, 6.45) is 41.9. The van der Waals surface area contributed by atoms with Crippen molar-refractivity contribution in [2.24, 2.45) is 0 Å². The molecule has 1 amide bonds. The van der Waals surface area contributed by atoms with Crippen LogP contribution in [0.2, 0.25) is 0 Å². The molecule has 10 heteroatoms. The lowest BCUT2D eigenvalue weighted by molar-refractivity contribution is -0.302. The Morgan fingerprint density at radius 2 is 0.781 bits per heavy atom. The summed E-state index contributed by atoms with van der Waals surface area (Å²) in [5, 5.41) is 65.0. The molecular weight excluding hydrogens is 807 g/mol. The number of aliphatic hydroxyl groups is 6. The number of carbonyl (C=O) groups is 1. The van der Waals surface area contributed by atoms with E-state index in [1.165, 1.54) is 205 Å². The normalized spacial score (nSPS) is 20.4. The second-order valence-corrected chi connectivity index (χ2v) is 19.9. The monoisotopic (exact) mass is 914 g/mol. The Kier molecular flexibility index (Phi) is 42.7. The molecule has 0 aromatic rings. The van der Waals surface area contributed by atoms with Gasteiger partial charge in [0.25, 0.3) is 0 Å². The number of aliphatic hydroxyl groups excluding tert-OH is 6. The van der Waals surface area contributed by atoms with Crippen LogP contribution >= 0.6 is 0 Å². The summed E-state index contributed by atoms with van der Waals surface area (Å²) in [4.78, 5) is 13.1. The minimum atomic E-state index is -1.59. The first kappa shape index (κ1) is 61.2. The number of ether oxygens (including phenoxy) is 2. The van der Waals surface area contributed by atoms with E-state index < -0.39 is 61.5 Å². The number of hydrogen-bond donors (Lipinski definition) is 7. The van der Waals surface area contributed by atoms with Crippen molar-refractivity contribution in [2.45, 2.75) is 326 Å². The van der Waals surface area contributed by atoms with E-state index in [1.807, 2.05) is 0 Å². The van der Waals surface area contributed by atoms with Crippen LogP contribution in [-0.2, 0) is 14.3 Å². The average Bonchev–Trinajstić information content (AvgIpc) is 3.29. The summed E-state index contributed by atoms with van der Waals surface area (Å²) in [6, 6.07) is -0.888. The minimum Gasteiger partial charge on any atom is -0.394 e. The van der Waals surface area contributed by atoms with Gasteiger partial charge in [0.15, 0.2) is 6.29 Å². The lowest BCUT2D eigenvalue weighted by Crippen LogP contribution is -2.60. The van der Waals surface area contributed by atoms with E-state index in [0.29, 0.717) is 12.8 Å². The van der Waals surface area contributed by atoms with Gasteiger partial charge in [-0.2, -0.15) is 0 Å². The molecule has 1 saturated heterocycles. The number of unbranched alkanes of at least 4 members (excludes halogenated alkanes) is 37. The molecule has 0 radical (unpaired) electrons. The molecule has 382 valence electrons. The quantitative estimate of drug-likeness (QED) is 0.0294. The first-order valence-corrected chi connectivity index (χ1v) is 27.8. The van der Waals surface area contributed by atoms with E-state index >= 15 is 0 Å². The minimum absolute atomic E-state index is 0.250. The SMILES string of the molecule is CCCCCCCCCCCCCCCCCCCCCCCCCCCCCCC(O)C(=O)NC(COC1OC(CO)C(O)C(O)C1O)C(O)CCCCCCCCCCCCC. The molecule has 8 unspecified atom stereocenters. The second-order valence-electron chi connectivity index (χ2n) is 19.9. The zero-order valence-electron chi connectivity index (χ0n) is 41.9. The lowest BCUT2D eigenvalue weighted by Gasteiger charge is -2.40. The highest BCUT2D eigenvalue weighted by Gasteiger charge is 2.44. The molecule has 0 aliphatic carbocycles. The highest BCUT2D eigenvalue weighted by atomic mass is 16.7. The van der Waals surface area contributed by atoms with E-state index in [1.54, 1.807) is 0 Å². The van der Waals surface area contributed by atoms with E-state index in [9.17, 15) is 35.4 Å². The van der Waals surface area contributed by atoms with Gasteiger partial charge in [-0.1, -0.05) is 264 Å². The largest absolute Gasteiger partial charge is 0.394 e. The molecular formula is C54H107NO9. The van der Waals surface area contributed by atoms with Crippen molar-refractivity contribution in [3.05, 3.63) is 0 Å². The summed E-state index contributed by atoms with van der Waals surface area (Å²) >= 11 is 0. The van der Waals surface area contributed by atoms with Gasteiger partial charge < -0.3 is 45.4 Å². The number of nitrogens with one attached hydrogen (secondary N) is 1. The van der Waals surface area contributed by atoms with Gasteiger partial charge in [-0.3, -0.25) is 4.79 Å². The molecule has 0 bridgehead atoms. The van der Waals surface area contributed by atoms with E-state index in [-0.39, 0.29) is 6.61 Å². The van der Waals surface area contributed by atoms with Crippen LogP contribution in [0.3, 0.4) is 0 Å². The zero-order chi connectivity index (χ0) is 46.7. The molecule has 10 nitrogen and oxygen atoms in total. The van der Waals surface area contributed by atoms with Crippen LogP contribution in [0.5, 0.6) is 0 Å². The van der Waals surface area contributed by atoms with Crippen molar-refractivity contribution in [2.75, 3.05) is 13.2 Å². The highest BCUT2D eigenvalue weighted by Crippen LogP contribution is 2.23. The lowest BCUT2D eigenvalue weighted by atomic mass is 9.99.